The van der Waals surface area contributed by atoms with Gasteiger partial charge >= 0.3 is 0 Å². The van der Waals surface area contributed by atoms with Gasteiger partial charge in [0, 0.05) is 23.4 Å². The fraction of sp³-hybridized carbons (Fsp3) is 0.136. The molecule has 10 heteroatoms. The summed E-state index contributed by atoms with van der Waals surface area (Å²) in [5.41, 5.74) is 0.799. The zero-order chi connectivity index (χ0) is 22.6. The highest BCUT2D eigenvalue weighted by Gasteiger charge is 2.20. The molecular weight excluding hydrogens is 452 g/mol. The number of ether oxygens (including phenoxy) is 2. The van der Waals surface area contributed by atoms with Crippen LogP contribution in [-0.4, -0.2) is 43.3 Å². The summed E-state index contributed by atoms with van der Waals surface area (Å²) in [5.74, 6) is 0.574. The van der Waals surface area contributed by atoms with Crippen LogP contribution in [0.25, 0.3) is 0 Å². The number of hydrogen-bond donors (Lipinski definition) is 1. The van der Waals surface area contributed by atoms with Crippen molar-refractivity contribution in [2.24, 2.45) is 0 Å². The van der Waals surface area contributed by atoms with Gasteiger partial charge < -0.3 is 9.47 Å². The second kappa shape index (κ2) is 9.41. The Bertz CT molecular complexity index is 1250. The molecule has 164 valence electrons. The van der Waals surface area contributed by atoms with Crippen LogP contribution in [0.4, 0.5) is 5.82 Å². The number of rotatable bonds is 7. The smallest absolute Gasteiger partial charge is 0.263 e. The van der Waals surface area contributed by atoms with Gasteiger partial charge in [0.05, 0.1) is 10.6 Å². The number of benzene rings is 2. The first kappa shape index (κ1) is 21.8. The van der Waals surface area contributed by atoms with Gasteiger partial charge in [0.1, 0.15) is 19.0 Å². The Hall–Kier alpha value is -3.37. The molecule has 0 radical (unpaired) electrons. The number of nitrogens with zero attached hydrogens (tertiary/aromatic N) is 1. The molecule has 0 bridgehead atoms. The molecule has 0 fully saturated rings. The lowest BCUT2D eigenvalue weighted by molar-refractivity contribution is 0.101. The van der Waals surface area contributed by atoms with Crippen molar-refractivity contribution in [3.8, 4) is 11.5 Å². The largest absolute Gasteiger partial charge is 0.486 e. The average Bonchev–Trinajstić information content (AvgIpc) is 2.82. The van der Waals surface area contributed by atoms with E-state index in [0.717, 1.165) is 11.8 Å². The van der Waals surface area contributed by atoms with Gasteiger partial charge in [-0.1, -0.05) is 42.1 Å². The molecular formula is C22H18N2O6S2. The summed E-state index contributed by atoms with van der Waals surface area (Å²) in [5, 5.41) is -0.198. The van der Waals surface area contributed by atoms with Gasteiger partial charge in [-0.25, -0.2) is 13.4 Å². The monoisotopic (exact) mass is 470 g/mol. The number of ketones is 1. The van der Waals surface area contributed by atoms with E-state index in [4.69, 9.17) is 9.47 Å². The van der Waals surface area contributed by atoms with Crippen LogP contribution in [-0.2, 0) is 10.0 Å². The topological polar surface area (TPSA) is 112 Å². The van der Waals surface area contributed by atoms with E-state index in [1.165, 1.54) is 36.5 Å². The van der Waals surface area contributed by atoms with E-state index >= 15 is 0 Å². The molecule has 4 rings (SSSR count). The number of Topliss-reactive ketones (excluding diaryl/α,β-unsaturated/α-hetero) is 1. The highest BCUT2D eigenvalue weighted by molar-refractivity contribution is 8.14. The molecule has 1 aliphatic heterocycles. The van der Waals surface area contributed by atoms with Crippen molar-refractivity contribution in [1.29, 1.82) is 0 Å². The maximum absolute atomic E-state index is 12.7. The van der Waals surface area contributed by atoms with Gasteiger partial charge in [-0.05, 0) is 24.3 Å². The van der Waals surface area contributed by atoms with Crippen LogP contribution in [0, 0.1) is 0 Å². The van der Waals surface area contributed by atoms with E-state index < -0.39 is 10.0 Å². The van der Waals surface area contributed by atoms with Gasteiger partial charge in [0.15, 0.2) is 17.3 Å². The Morgan fingerprint density at radius 1 is 0.938 bits per heavy atom. The second-order valence-corrected chi connectivity index (χ2v) is 9.34. The van der Waals surface area contributed by atoms with Crippen molar-refractivity contribution in [2.75, 3.05) is 23.7 Å². The lowest BCUT2D eigenvalue weighted by Crippen LogP contribution is -2.17. The van der Waals surface area contributed by atoms with Gasteiger partial charge in [-0.2, -0.15) is 0 Å². The third kappa shape index (κ3) is 5.09. The van der Waals surface area contributed by atoms with Crippen LogP contribution in [0.15, 0.2) is 71.8 Å². The van der Waals surface area contributed by atoms with Crippen LogP contribution in [0.1, 0.15) is 20.7 Å². The average molecular weight is 471 g/mol. The highest BCUT2D eigenvalue weighted by Crippen LogP contribution is 2.32. The van der Waals surface area contributed by atoms with Crippen LogP contribution >= 0.6 is 11.8 Å². The maximum atomic E-state index is 12.7. The minimum atomic E-state index is -3.91. The molecule has 1 aromatic heterocycles. The quantitative estimate of drug-likeness (QED) is 0.523. The summed E-state index contributed by atoms with van der Waals surface area (Å²) in [7, 11) is -3.91. The number of nitrogens with one attached hydrogen (secondary N) is 1. The number of thioether (sulfide) groups is 1. The molecule has 32 heavy (non-hydrogen) atoms. The van der Waals surface area contributed by atoms with Crippen molar-refractivity contribution in [2.45, 2.75) is 4.90 Å². The zero-order valence-electron chi connectivity index (χ0n) is 16.7. The van der Waals surface area contributed by atoms with Crippen LogP contribution in [0.5, 0.6) is 11.5 Å². The van der Waals surface area contributed by atoms with Crippen LogP contribution < -0.4 is 14.2 Å². The predicted molar refractivity (Wildman–Crippen MR) is 120 cm³/mol. The summed E-state index contributed by atoms with van der Waals surface area (Å²) < 4.78 is 38.5. The first-order valence-corrected chi connectivity index (χ1v) is 12.0. The van der Waals surface area contributed by atoms with Crippen molar-refractivity contribution in [3.05, 3.63) is 78.0 Å². The van der Waals surface area contributed by atoms with E-state index in [9.17, 15) is 18.0 Å². The van der Waals surface area contributed by atoms with Gasteiger partial charge in [-0.3, -0.25) is 14.3 Å². The Labute approximate surface area is 189 Å². The maximum Gasteiger partial charge on any atom is 0.263 e. The lowest BCUT2D eigenvalue weighted by atomic mass is 10.2. The molecule has 0 saturated carbocycles. The summed E-state index contributed by atoms with van der Waals surface area (Å²) >= 11 is 0.905. The number of pyridine rings is 1. The minimum absolute atomic E-state index is 0.000438. The summed E-state index contributed by atoms with van der Waals surface area (Å²) in [6.07, 6.45) is 1.28. The number of hydrogen-bond acceptors (Lipinski definition) is 8. The summed E-state index contributed by atoms with van der Waals surface area (Å²) in [6, 6.07) is 15.9. The number of carbonyl (C=O) groups excluding carboxylic acids is 2. The number of aromatic nitrogens is 1. The first-order chi connectivity index (χ1) is 15.4. The molecule has 0 unspecified atom stereocenters. The lowest BCUT2D eigenvalue weighted by Gasteiger charge is -2.19. The molecule has 0 spiro atoms. The fourth-order valence-corrected chi connectivity index (χ4v) is 4.63. The van der Waals surface area contributed by atoms with E-state index in [-0.39, 0.29) is 32.9 Å². The normalized spacial score (nSPS) is 12.8. The number of sulfonamides is 1. The molecule has 1 aliphatic rings. The molecule has 0 amide bonds. The fourth-order valence-electron chi connectivity index (χ4n) is 2.88. The van der Waals surface area contributed by atoms with Gasteiger partial charge in [-0.15, -0.1) is 0 Å². The second-order valence-electron chi connectivity index (χ2n) is 6.71. The highest BCUT2D eigenvalue weighted by atomic mass is 32.2. The number of fused-ring (bicyclic) bond motifs is 1. The van der Waals surface area contributed by atoms with Gasteiger partial charge in [0.25, 0.3) is 10.0 Å². The SMILES string of the molecule is O=C(CSC(=O)c1ccccc1)c1ccc(NS(=O)(=O)c2ccc3c(c2)OCCO3)nc1. The van der Waals surface area contributed by atoms with E-state index in [0.29, 0.717) is 30.3 Å². The van der Waals surface area contributed by atoms with Crippen molar-refractivity contribution < 1.29 is 27.5 Å². The van der Waals surface area contributed by atoms with Crippen molar-refractivity contribution in [3.63, 3.8) is 0 Å². The summed E-state index contributed by atoms with van der Waals surface area (Å²) in [4.78, 5) is 28.5. The van der Waals surface area contributed by atoms with Gasteiger partial charge in [0.2, 0.25) is 5.12 Å². The van der Waals surface area contributed by atoms with Crippen molar-refractivity contribution in [1.82, 2.24) is 4.98 Å². The molecule has 1 N–H and O–H groups in total. The predicted octanol–water partition coefficient (Wildman–Crippen LogP) is 3.41. The number of carbonyl (C=O) groups is 2. The standard InChI is InChI=1S/C22H18N2O6S2/c25-18(14-31-22(26)15-4-2-1-3-5-15)16-6-9-21(23-13-16)24-32(27,28)17-7-8-19-20(12-17)30-11-10-29-19/h1-9,12-13H,10-11,14H2,(H,23,24). The van der Waals surface area contributed by atoms with E-state index in [2.05, 4.69) is 9.71 Å². The molecule has 2 aromatic carbocycles. The number of anilines is 1. The molecule has 8 nitrogen and oxygen atoms in total. The Morgan fingerprint density at radius 3 is 2.41 bits per heavy atom. The summed E-state index contributed by atoms with van der Waals surface area (Å²) in [6.45, 7) is 0.751. The first-order valence-electron chi connectivity index (χ1n) is 9.56. The van der Waals surface area contributed by atoms with Crippen molar-refractivity contribution >= 4 is 38.5 Å². The molecule has 0 atom stereocenters. The third-order valence-corrected chi connectivity index (χ3v) is 6.75. The molecule has 2 heterocycles. The Kier molecular flexibility index (Phi) is 6.42. The molecule has 0 saturated heterocycles. The van der Waals surface area contributed by atoms with Crippen LogP contribution in [0.2, 0.25) is 0 Å². The van der Waals surface area contributed by atoms with E-state index in [1.807, 2.05) is 6.07 Å². The zero-order valence-corrected chi connectivity index (χ0v) is 18.3. The molecule has 0 aliphatic carbocycles. The minimum Gasteiger partial charge on any atom is -0.486 e. The Morgan fingerprint density at radius 2 is 1.69 bits per heavy atom. The van der Waals surface area contributed by atoms with Crippen LogP contribution in [0.3, 0.4) is 0 Å². The van der Waals surface area contributed by atoms with E-state index in [1.54, 1.807) is 24.3 Å². The Balaban J connectivity index is 1.39. The molecule has 3 aromatic rings. The third-order valence-electron chi connectivity index (χ3n) is 4.49.